The Balaban J connectivity index is 1.59. The molecule has 0 aromatic heterocycles. The number of fused-ring (bicyclic) bond motifs is 1. The topological polar surface area (TPSA) is 69.6 Å². The fraction of sp³-hybridized carbons (Fsp3) is 0.875. The Morgan fingerprint density at radius 2 is 1.81 bits per heavy atom. The Bertz CT molecular complexity index is 418. The molecule has 1 heterocycles. The van der Waals surface area contributed by atoms with Gasteiger partial charge in [0.05, 0.1) is 5.41 Å². The van der Waals surface area contributed by atoms with Crippen molar-refractivity contribution < 1.29 is 14.7 Å². The minimum Gasteiger partial charge on any atom is -0.481 e. The van der Waals surface area contributed by atoms with Gasteiger partial charge in [-0.25, -0.2) is 4.79 Å². The first-order chi connectivity index (χ1) is 10.1. The summed E-state index contributed by atoms with van der Waals surface area (Å²) < 4.78 is 0. The molecule has 2 N–H and O–H groups in total. The number of nitrogens with zero attached hydrogens (tertiary/aromatic N) is 1. The molecular weight excluding hydrogens is 268 g/mol. The fourth-order valence-corrected chi connectivity index (χ4v) is 4.57. The number of carboxylic acids is 1. The molecule has 5 heteroatoms. The van der Waals surface area contributed by atoms with Crippen LogP contribution in [0.5, 0.6) is 0 Å². The maximum atomic E-state index is 12.5. The molecule has 0 bridgehead atoms. The molecule has 0 radical (unpaired) electrons. The van der Waals surface area contributed by atoms with Crippen molar-refractivity contribution in [2.24, 2.45) is 11.3 Å². The van der Waals surface area contributed by atoms with Gasteiger partial charge in [-0.2, -0.15) is 0 Å². The number of carboxylic acid groups (broad SMARTS) is 1. The predicted molar refractivity (Wildman–Crippen MR) is 79.0 cm³/mol. The van der Waals surface area contributed by atoms with Crippen molar-refractivity contribution in [2.45, 2.75) is 63.8 Å². The maximum Gasteiger partial charge on any atom is 0.317 e. The van der Waals surface area contributed by atoms with Crippen molar-refractivity contribution in [3.63, 3.8) is 0 Å². The molecule has 1 aliphatic heterocycles. The minimum absolute atomic E-state index is 0.0425. The van der Waals surface area contributed by atoms with E-state index in [1.54, 1.807) is 0 Å². The molecule has 1 saturated heterocycles. The highest BCUT2D eigenvalue weighted by molar-refractivity contribution is 5.78. The van der Waals surface area contributed by atoms with E-state index in [0.29, 0.717) is 24.8 Å². The fourth-order valence-electron chi connectivity index (χ4n) is 4.57. The lowest BCUT2D eigenvalue weighted by Gasteiger charge is -2.38. The number of carbonyl (C=O) groups excluding carboxylic acids is 1. The van der Waals surface area contributed by atoms with Gasteiger partial charge < -0.3 is 15.3 Å². The minimum atomic E-state index is -0.752. The second kappa shape index (κ2) is 5.85. The van der Waals surface area contributed by atoms with E-state index >= 15 is 0 Å². The van der Waals surface area contributed by atoms with Crippen LogP contribution in [0.3, 0.4) is 0 Å². The summed E-state index contributed by atoms with van der Waals surface area (Å²) in [4.78, 5) is 26.0. The van der Waals surface area contributed by atoms with Gasteiger partial charge in [0.1, 0.15) is 0 Å². The van der Waals surface area contributed by atoms with Crippen LogP contribution >= 0.6 is 0 Å². The van der Waals surface area contributed by atoms with Gasteiger partial charge in [-0.15, -0.1) is 0 Å². The third-order valence-corrected chi connectivity index (χ3v) is 5.85. The van der Waals surface area contributed by atoms with Crippen molar-refractivity contribution in [3.05, 3.63) is 0 Å². The molecule has 2 aliphatic carbocycles. The first-order valence-electron chi connectivity index (χ1n) is 8.40. The van der Waals surface area contributed by atoms with Crippen LogP contribution in [0.2, 0.25) is 0 Å². The van der Waals surface area contributed by atoms with E-state index in [1.165, 1.54) is 19.3 Å². The van der Waals surface area contributed by atoms with E-state index in [-0.39, 0.29) is 12.6 Å². The van der Waals surface area contributed by atoms with Crippen molar-refractivity contribution in [1.29, 1.82) is 0 Å². The van der Waals surface area contributed by atoms with Crippen LogP contribution in [-0.2, 0) is 4.79 Å². The SMILES string of the molecule is O=C(NCC1(C(=O)O)CCCC1)N1CCCC2CCCC21. The van der Waals surface area contributed by atoms with Crippen molar-refractivity contribution in [2.75, 3.05) is 13.1 Å². The number of hydrogen-bond acceptors (Lipinski definition) is 2. The molecule has 3 rings (SSSR count). The summed E-state index contributed by atoms with van der Waals surface area (Å²) in [5.41, 5.74) is -0.722. The van der Waals surface area contributed by atoms with Gasteiger partial charge in [0.25, 0.3) is 0 Å². The Morgan fingerprint density at radius 1 is 1.10 bits per heavy atom. The predicted octanol–water partition coefficient (Wildman–Crippen LogP) is 2.61. The zero-order valence-electron chi connectivity index (χ0n) is 12.6. The Morgan fingerprint density at radius 3 is 2.52 bits per heavy atom. The van der Waals surface area contributed by atoms with E-state index in [9.17, 15) is 14.7 Å². The maximum absolute atomic E-state index is 12.5. The third kappa shape index (κ3) is 2.74. The molecule has 2 amide bonds. The van der Waals surface area contributed by atoms with Crippen LogP contribution in [0.1, 0.15) is 57.8 Å². The number of nitrogens with one attached hydrogen (secondary N) is 1. The van der Waals surface area contributed by atoms with E-state index in [1.807, 2.05) is 4.90 Å². The first kappa shape index (κ1) is 14.7. The monoisotopic (exact) mass is 294 g/mol. The van der Waals surface area contributed by atoms with Gasteiger partial charge in [-0.05, 0) is 44.4 Å². The highest BCUT2D eigenvalue weighted by Crippen LogP contribution is 2.39. The van der Waals surface area contributed by atoms with Crippen molar-refractivity contribution in [1.82, 2.24) is 10.2 Å². The smallest absolute Gasteiger partial charge is 0.317 e. The molecule has 3 fully saturated rings. The molecule has 0 aromatic carbocycles. The Hall–Kier alpha value is -1.26. The molecule has 21 heavy (non-hydrogen) atoms. The summed E-state index contributed by atoms with van der Waals surface area (Å²) >= 11 is 0. The molecule has 0 spiro atoms. The van der Waals surface area contributed by atoms with Gasteiger partial charge in [0, 0.05) is 19.1 Å². The number of carbonyl (C=O) groups is 2. The highest BCUT2D eigenvalue weighted by atomic mass is 16.4. The normalized spacial score (nSPS) is 31.0. The first-order valence-corrected chi connectivity index (χ1v) is 8.40. The van der Waals surface area contributed by atoms with E-state index < -0.39 is 11.4 Å². The largest absolute Gasteiger partial charge is 0.481 e. The van der Waals surface area contributed by atoms with Crippen LogP contribution in [-0.4, -0.2) is 41.1 Å². The molecule has 2 saturated carbocycles. The average molecular weight is 294 g/mol. The van der Waals surface area contributed by atoms with Gasteiger partial charge in [-0.1, -0.05) is 19.3 Å². The Kier molecular flexibility index (Phi) is 4.09. The molecule has 2 unspecified atom stereocenters. The van der Waals surface area contributed by atoms with Gasteiger partial charge in [-0.3, -0.25) is 4.79 Å². The van der Waals surface area contributed by atoms with E-state index in [2.05, 4.69) is 5.32 Å². The zero-order chi connectivity index (χ0) is 14.9. The summed E-state index contributed by atoms with van der Waals surface area (Å²) in [5.74, 6) is -0.0814. The lowest BCUT2D eigenvalue weighted by molar-refractivity contribution is -0.148. The van der Waals surface area contributed by atoms with Gasteiger partial charge in [0.15, 0.2) is 0 Å². The number of likely N-dealkylation sites (tertiary alicyclic amines) is 1. The number of hydrogen-bond donors (Lipinski definition) is 2. The van der Waals surface area contributed by atoms with Gasteiger partial charge >= 0.3 is 12.0 Å². The number of urea groups is 1. The molecular formula is C16H26N2O3. The summed E-state index contributed by atoms with van der Waals surface area (Å²) in [6.07, 6.45) is 9.19. The second-order valence-electron chi connectivity index (χ2n) is 7.05. The van der Waals surface area contributed by atoms with Crippen LogP contribution in [0.25, 0.3) is 0 Å². The van der Waals surface area contributed by atoms with E-state index in [0.717, 1.165) is 32.2 Å². The van der Waals surface area contributed by atoms with Crippen LogP contribution < -0.4 is 5.32 Å². The average Bonchev–Trinajstić information content (AvgIpc) is 3.13. The van der Waals surface area contributed by atoms with E-state index in [4.69, 9.17) is 0 Å². The summed E-state index contributed by atoms with van der Waals surface area (Å²) in [6.45, 7) is 1.11. The molecule has 3 aliphatic rings. The number of aliphatic carboxylic acids is 1. The van der Waals surface area contributed by atoms with Crippen molar-refractivity contribution >= 4 is 12.0 Å². The summed E-state index contributed by atoms with van der Waals surface area (Å²) in [7, 11) is 0. The van der Waals surface area contributed by atoms with Crippen LogP contribution in [0.4, 0.5) is 4.79 Å². The van der Waals surface area contributed by atoms with Crippen LogP contribution in [0.15, 0.2) is 0 Å². The molecule has 5 nitrogen and oxygen atoms in total. The summed E-state index contributed by atoms with van der Waals surface area (Å²) in [5, 5.41) is 12.4. The van der Waals surface area contributed by atoms with Crippen LogP contribution in [0, 0.1) is 11.3 Å². The molecule has 0 aromatic rings. The zero-order valence-corrected chi connectivity index (χ0v) is 12.6. The molecule has 118 valence electrons. The lowest BCUT2D eigenvalue weighted by atomic mass is 9.86. The Labute approximate surface area is 126 Å². The number of piperidine rings is 1. The molecule has 2 atom stereocenters. The number of rotatable bonds is 3. The summed E-state index contributed by atoms with van der Waals surface area (Å²) in [6, 6.07) is 0.349. The second-order valence-corrected chi connectivity index (χ2v) is 7.05. The number of amides is 2. The standard InChI is InChI=1S/C16H26N2O3/c19-14(20)16(8-1-2-9-16)11-17-15(21)18-10-4-6-12-5-3-7-13(12)18/h12-13H,1-11H2,(H,17,21)(H,19,20). The lowest BCUT2D eigenvalue weighted by Crippen LogP contribution is -2.53. The van der Waals surface area contributed by atoms with Gasteiger partial charge in [0.2, 0.25) is 0 Å². The third-order valence-electron chi connectivity index (χ3n) is 5.85. The van der Waals surface area contributed by atoms with Crippen molar-refractivity contribution in [3.8, 4) is 0 Å². The highest BCUT2D eigenvalue weighted by Gasteiger charge is 2.43. The quantitative estimate of drug-likeness (QED) is 0.840.